The lowest BCUT2D eigenvalue weighted by Gasteiger charge is -2.20. The van der Waals surface area contributed by atoms with Gasteiger partial charge in [-0.15, -0.1) is 0 Å². The zero-order valence-corrected chi connectivity index (χ0v) is 20.9. The Morgan fingerprint density at radius 2 is 1.79 bits per heavy atom. The van der Waals surface area contributed by atoms with Gasteiger partial charge in [0.2, 0.25) is 15.9 Å². The van der Waals surface area contributed by atoms with Crippen molar-refractivity contribution in [3.8, 4) is 17.2 Å². The SMILES string of the molecule is CCN(CC)S(=O)(=O)c1ccc(OC(C)C)c(NC(=O)/C=C/c2ccc3c(c2)OCCCO3)c1. The first-order valence-electron chi connectivity index (χ1n) is 11.4. The first-order valence-corrected chi connectivity index (χ1v) is 12.9. The number of hydrogen-bond donors (Lipinski definition) is 1. The number of ether oxygens (including phenoxy) is 3. The van der Waals surface area contributed by atoms with Gasteiger partial charge in [0.05, 0.1) is 29.9 Å². The quantitative estimate of drug-likeness (QED) is 0.529. The Bertz CT molecular complexity index is 1140. The predicted octanol–water partition coefficient (Wildman–Crippen LogP) is 4.32. The number of anilines is 1. The predicted molar refractivity (Wildman–Crippen MR) is 132 cm³/mol. The van der Waals surface area contributed by atoms with Crippen molar-refractivity contribution in [2.75, 3.05) is 31.6 Å². The van der Waals surface area contributed by atoms with E-state index in [1.807, 2.05) is 32.0 Å². The molecule has 34 heavy (non-hydrogen) atoms. The maximum atomic E-state index is 13.0. The maximum Gasteiger partial charge on any atom is 0.248 e. The Labute approximate surface area is 201 Å². The molecule has 1 N–H and O–H groups in total. The molecule has 2 aromatic carbocycles. The number of sulfonamides is 1. The van der Waals surface area contributed by atoms with Crippen LogP contribution in [-0.4, -0.2) is 51.0 Å². The third kappa shape index (κ3) is 6.30. The number of carbonyl (C=O) groups is 1. The fraction of sp³-hybridized carbons (Fsp3) is 0.400. The minimum absolute atomic E-state index is 0.0921. The Morgan fingerprint density at radius 1 is 1.09 bits per heavy atom. The van der Waals surface area contributed by atoms with Crippen molar-refractivity contribution in [3.63, 3.8) is 0 Å². The Morgan fingerprint density at radius 3 is 2.47 bits per heavy atom. The highest BCUT2D eigenvalue weighted by atomic mass is 32.2. The van der Waals surface area contributed by atoms with Gasteiger partial charge < -0.3 is 19.5 Å². The Kier molecular flexibility index (Phi) is 8.57. The highest BCUT2D eigenvalue weighted by Crippen LogP contribution is 2.32. The zero-order valence-electron chi connectivity index (χ0n) is 20.0. The fourth-order valence-corrected chi connectivity index (χ4v) is 4.95. The van der Waals surface area contributed by atoms with Gasteiger partial charge >= 0.3 is 0 Å². The van der Waals surface area contributed by atoms with Crippen molar-refractivity contribution < 1.29 is 27.4 Å². The first kappa shape index (κ1) is 25.6. The maximum absolute atomic E-state index is 13.0. The lowest BCUT2D eigenvalue weighted by molar-refractivity contribution is -0.111. The second-order valence-electron chi connectivity index (χ2n) is 7.99. The molecule has 9 heteroatoms. The standard InChI is InChI=1S/C25H32N2O6S/c1-5-27(6-2)34(29,30)20-10-12-22(33-18(3)4)21(17-20)26-25(28)13-9-19-8-11-23-24(16-19)32-15-7-14-31-23/h8-13,16-18H,5-7,14-15H2,1-4H3,(H,26,28)/b13-9+. The molecule has 2 aromatic rings. The van der Waals surface area contributed by atoms with E-state index in [0.29, 0.717) is 43.6 Å². The van der Waals surface area contributed by atoms with Crippen LogP contribution < -0.4 is 19.5 Å². The number of rotatable bonds is 9. The van der Waals surface area contributed by atoms with E-state index in [2.05, 4.69) is 5.32 Å². The van der Waals surface area contributed by atoms with E-state index in [9.17, 15) is 13.2 Å². The van der Waals surface area contributed by atoms with E-state index in [-0.39, 0.29) is 16.7 Å². The molecule has 0 atom stereocenters. The molecule has 3 rings (SSSR count). The van der Waals surface area contributed by atoms with Crippen molar-refractivity contribution in [2.24, 2.45) is 0 Å². The van der Waals surface area contributed by atoms with Crippen LogP contribution in [0, 0.1) is 0 Å². The Balaban J connectivity index is 1.83. The van der Waals surface area contributed by atoms with Gasteiger partial charge in [0.15, 0.2) is 11.5 Å². The van der Waals surface area contributed by atoms with Crippen LogP contribution in [0.2, 0.25) is 0 Å². The van der Waals surface area contributed by atoms with Gasteiger partial charge in [0.1, 0.15) is 5.75 Å². The molecular formula is C25H32N2O6S. The minimum Gasteiger partial charge on any atom is -0.490 e. The minimum atomic E-state index is -3.69. The summed E-state index contributed by atoms with van der Waals surface area (Å²) in [7, 11) is -3.69. The van der Waals surface area contributed by atoms with Gasteiger partial charge in [0, 0.05) is 25.6 Å². The molecule has 0 unspecified atom stereocenters. The highest BCUT2D eigenvalue weighted by Gasteiger charge is 2.23. The molecule has 0 aliphatic carbocycles. The normalized spacial score (nSPS) is 13.8. The smallest absolute Gasteiger partial charge is 0.248 e. The summed E-state index contributed by atoms with van der Waals surface area (Å²) in [5.74, 6) is 1.30. The summed E-state index contributed by atoms with van der Waals surface area (Å²) in [5, 5.41) is 2.76. The third-order valence-electron chi connectivity index (χ3n) is 5.11. The van der Waals surface area contributed by atoms with Crippen LogP contribution in [0.3, 0.4) is 0 Å². The first-order chi connectivity index (χ1) is 16.2. The van der Waals surface area contributed by atoms with Crippen LogP contribution in [-0.2, 0) is 14.8 Å². The van der Waals surface area contributed by atoms with Crippen molar-refractivity contribution in [1.82, 2.24) is 4.31 Å². The molecule has 8 nitrogen and oxygen atoms in total. The van der Waals surface area contributed by atoms with E-state index >= 15 is 0 Å². The van der Waals surface area contributed by atoms with Crippen LogP contribution in [0.5, 0.6) is 17.2 Å². The van der Waals surface area contributed by atoms with Crippen molar-refractivity contribution in [2.45, 2.75) is 45.1 Å². The van der Waals surface area contributed by atoms with Gasteiger partial charge in [-0.1, -0.05) is 19.9 Å². The lowest BCUT2D eigenvalue weighted by atomic mass is 10.2. The van der Waals surface area contributed by atoms with Crippen molar-refractivity contribution >= 4 is 27.7 Å². The van der Waals surface area contributed by atoms with E-state index < -0.39 is 15.9 Å². The molecule has 0 radical (unpaired) electrons. The third-order valence-corrected chi connectivity index (χ3v) is 7.16. The number of nitrogens with one attached hydrogen (secondary N) is 1. The van der Waals surface area contributed by atoms with Gasteiger partial charge in [-0.25, -0.2) is 8.42 Å². The Hall–Kier alpha value is -3.04. The van der Waals surface area contributed by atoms with Gasteiger partial charge in [-0.3, -0.25) is 4.79 Å². The summed E-state index contributed by atoms with van der Waals surface area (Å²) in [4.78, 5) is 12.8. The number of fused-ring (bicyclic) bond motifs is 1. The lowest BCUT2D eigenvalue weighted by Crippen LogP contribution is -2.30. The number of hydrogen-bond acceptors (Lipinski definition) is 6. The highest BCUT2D eigenvalue weighted by molar-refractivity contribution is 7.89. The molecule has 0 aromatic heterocycles. The summed E-state index contributed by atoms with van der Waals surface area (Å²) in [5.41, 5.74) is 1.06. The fourth-order valence-electron chi connectivity index (χ4n) is 3.47. The van der Waals surface area contributed by atoms with Crippen LogP contribution in [0.15, 0.2) is 47.4 Å². The average Bonchev–Trinajstić information content (AvgIpc) is 3.04. The van der Waals surface area contributed by atoms with Crippen LogP contribution in [0.4, 0.5) is 5.69 Å². The van der Waals surface area contributed by atoms with Gasteiger partial charge in [-0.2, -0.15) is 4.31 Å². The van der Waals surface area contributed by atoms with Crippen LogP contribution in [0.25, 0.3) is 6.08 Å². The second-order valence-corrected chi connectivity index (χ2v) is 9.93. The van der Waals surface area contributed by atoms with E-state index in [1.54, 1.807) is 26.0 Å². The summed E-state index contributed by atoms with van der Waals surface area (Å²) in [6, 6.07) is 9.96. The van der Waals surface area contributed by atoms with Crippen LogP contribution >= 0.6 is 0 Å². The molecule has 1 aliphatic heterocycles. The average molecular weight is 489 g/mol. The number of nitrogens with zero attached hydrogens (tertiary/aromatic N) is 1. The molecule has 0 saturated heterocycles. The van der Waals surface area contributed by atoms with E-state index in [4.69, 9.17) is 14.2 Å². The molecule has 0 fully saturated rings. The van der Waals surface area contributed by atoms with E-state index in [0.717, 1.165) is 12.0 Å². The largest absolute Gasteiger partial charge is 0.490 e. The molecule has 1 heterocycles. The molecular weight excluding hydrogens is 456 g/mol. The molecule has 0 bridgehead atoms. The number of carbonyl (C=O) groups excluding carboxylic acids is 1. The monoisotopic (exact) mass is 488 g/mol. The van der Waals surface area contributed by atoms with E-state index in [1.165, 1.54) is 22.5 Å². The molecule has 1 amide bonds. The number of benzene rings is 2. The molecule has 1 aliphatic rings. The summed E-state index contributed by atoms with van der Waals surface area (Å²) >= 11 is 0. The summed E-state index contributed by atoms with van der Waals surface area (Å²) in [6.07, 6.45) is 3.69. The van der Waals surface area contributed by atoms with Gasteiger partial charge in [-0.05, 0) is 55.8 Å². The van der Waals surface area contributed by atoms with Crippen molar-refractivity contribution in [3.05, 3.63) is 48.0 Å². The summed E-state index contributed by atoms with van der Waals surface area (Å²) < 4.78 is 44.4. The topological polar surface area (TPSA) is 94.2 Å². The van der Waals surface area contributed by atoms with Gasteiger partial charge in [0.25, 0.3) is 0 Å². The van der Waals surface area contributed by atoms with Crippen molar-refractivity contribution in [1.29, 1.82) is 0 Å². The number of amides is 1. The summed E-state index contributed by atoms with van der Waals surface area (Å²) in [6.45, 7) is 9.16. The molecule has 0 saturated carbocycles. The zero-order chi connectivity index (χ0) is 24.7. The second kappa shape index (κ2) is 11.4. The molecule has 184 valence electrons. The molecule has 0 spiro atoms. The van der Waals surface area contributed by atoms with Crippen LogP contribution in [0.1, 0.15) is 39.7 Å².